The van der Waals surface area contributed by atoms with Gasteiger partial charge < -0.3 is 4.90 Å². The molecule has 180 valence electrons. The van der Waals surface area contributed by atoms with Crippen LogP contribution in [-0.4, -0.2) is 29.8 Å². The van der Waals surface area contributed by atoms with Crippen LogP contribution in [0.4, 0.5) is 5.69 Å². The molecule has 4 rings (SSSR count). The lowest BCUT2D eigenvalue weighted by atomic mass is 9.90. The minimum atomic E-state index is 0.679. The van der Waals surface area contributed by atoms with Crippen LogP contribution in [0.3, 0.4) is 0 Å². The summed E-state index contributed by atoms with van der Waals surface area (Å²) in [5.74, 6) is 0.679. The Morgan fingerprint density at radius 2 is 1.88 bits per heavy atom. The molecule has 1 heterocycles. The molecule has 0 bridgehead atoms. The largest absolute Gasteiger partial charge is 0.366 e. The van der Waals surface area contributed by atoms with Crippen LogP contribution in [0.1, 0.15) is 72.9 Å². The van der Waals surface area contributed by atoms with Crippen molar-refractivity contribution in [1.29, 1.82) is 0 Å². The topological polar surface area (TPSA) is 28.5 Å². The Morgan fingerprint density at radius 3 is 2.65 bits per heavy atom. The highest BCUT2D eigenvalue weighted by Gasteiger charge is 2.14. The predicted molar refractivity (Wildman–Crippen MR) is 148 cm³/mol. The number of hydrogen-bond donors (Lipinski definition) is 0. The third-order valence-corrected chi connectivity index (χ3v) is 7.81. The number of nitrogens with zero attached hydrogens (tertiary/aromatic N) is 3. The zero-order valence-electron chi connectivity index (χ0n) is 21.5. The summed E-state index contributed by atoms with van der Waals surface area (Å²) in [6.45, 7) is 9.90. The number of rotatable bonds is 9. The Bertz CT molecular complexity index is 1140. The standard InChI is InChI=1S/C30H39N3S/c1-6-33(5)20-31-28-15-22(4)27(17-25(28)12-11-21(2)3)18-30-32-29(19-34-30)26-14-13-23-9-7-8-10-24(23)16-26/h13-17,19-21H,6-12,18H2,1-5H3. The van der Waals surface area contributed by atoms with Crippen LogP contribution in [-0.2, 0) is 25.7 Å². The van der Waals surface area contributed by atoms with Gasteiger partial charge in [0.1, 0.15) is 0 Å². The first-order valence-corrected chi connectivity index (χ1v) is 13.7. The molecule has 4 heteroatoms. The molecule has 0 amide bonds. The number of aliphatic imine (C=N–C) groups is 1. The van der Waals surface area contributed by atoms with E-state index in [-0.39, 0.29) is 0 Å². The van der Waals surface area contributed by atoms with Crippen molar-refractivity contribution < 1.29 is 0 Å². The van der Waals surface area contributed by atoms with Crippen LogP contribution in [0, 0.1) is 12.8 Å². The molecule has 0 unspecified atom stereocenters. The maximum Gasteiger partial charge on any atom is 0.0976 e. The van der Waals surface area contributed by atoms with Crippen molar-refractivity contribution in [2.24, 2.45) is 10.9 Å². The number of aromatic nitrogens is 1. The Kier molecular flexibility index (Phi) is 8.20. The smallest absolute Gasteiger partial charge is 0.0976 e. The Hall–Kier alpha value is -2.46. The van der Waals surface area contributed by atoms with Crippen molar-refractivity contribution in [2.75, 3.05) is 13.6 Å². The van der Waals surface area contributed by atoms with Crippen molar-refractivity contribution in [3.8, 4) is 11.3 Å². The number of fused-ring (bicyclic) bond motifs is 1. The van der Waals surface area contributed by atoms with E-state index in [2.05, 4.69) is 75.4 Å². The minimum absolute atomic E-state index is 0.679. The normalized spacial score (nSPS) is 13.6. The molecular weight excluding hydrogens is 434 g/mol. The van der Waals surface area contributed by atoms with Crippen molar-refractivity contribution in [1.82, 2.24) is 9.88 Å². The first-order chi connectivity index (χ1) is 16.4. The molecule has 1 aliphatic carbocycles. The fourth-order valence-corrected chi connectivity index (χ4v) is 5.39. The molecule has 0 saturated heterocycles. The van der Waals surface area contributed by atoms with Crippen molar-refractivity contribution >= 4 is 23.4 Å². The second-order valence-corrected chi connectivity index (χ2v) is 11.1. The quantitative estimate of drug-likeness (QED) is 0.234. The summed E-state index contributed by atoms with van der Waals surface area (Å²) in [6, 6.07) is 11.6. The zero-order chi connectivity index (χ0) is 24.1. The maximum absolute atomic E-state index is 5.04. The summed E-state index contributed by atoms with van der Waals surface area (Å²) in [4.78, 5) is 12.0. The molecule has 0 aliphatic heterocycles. The van der Waals surface area contributed by atoms with Crippen LogP contribution < -0.4 is 0 Å². The summed E-state index contributed by atoms with van der Waals surface area (Å²) in [7, 11) is 2.07. The van der Waals surface area contributed by atoms with E-state index in [1.807, 2.05) is 6.34 Å². The van der Waals surface area contributed by atoms with Crippen LogP contribution in [0.25, 0.3) is 11.3 Å². The summed E-state index contributed by atoms with van der Waals surface area (Å²) < 4.78 is 0. The van der Waals surface area contributed by atoms with Gasteiger partial charge in [0.2, 0.25) is 0 Å². The summed E-state index contributed by atoms with van der Waals surface area (Å²) >= 11 is 1.78. The SMILES string of the molecule is CCN(C)C=Nc1cc(C)c(Cc2nc(-c3ccc4c(c3)CCCC4)cs2)cc1CCC(C)C. The highest BCUT2D eigenvalue weighted by molar-refractivity contribution is 7.10. The maximum atomic E-state index is 5.04. The van der Waals surface area contributed by atoms with Gasteiger partial charge in [-0.05, 0) is 98.2 Å². The second-order valence-electron chi connectivity index (χ2n) is 10.2. The second kappa shape index (κ2) is 11.3. The van der Waals surface area contributed by atoms with Crippen molar-refractivity contribution in [3.63, 3.8) is 0 Å². The van der Waals surface area contributed by atoms with Crippen LogP contribution in [0.2, 0.25) is 0 Å². The van der Waals surface area contributed by atoms with E-state index in [1.165, 1.54) is 70.5 Å². The number of thiazole rings is 1. The Balaban J connectivity index is 1.57. The Morgan fingerprint density at radius 1 is 1.09 bits per heavy atom. The van der Waals surface area contributed by atoms with Gasteiger partial charge in [0.25, 0.3) is 0 Å². The summed E-state index contributed by atoms with van der Waals surface area (Å²) in [6.07, 6.45) is 10.2. The lowest BCUT2D eigenvalue weighted by Crippen LogP contribution is -2.14. The molecule has 34 heavy (non-hydrogen) atoms. The first-order valence-electron chi connectivity index (χ1n) is 12.9. The van der Waals surface area contributed by atoms with Crippen LogP contribution in [0.5, 0.6) is 0 Å². The summed E-state index contributed by atoms with van der Waals surface area (Å²) in [5.41, 5.74) is 10.6. The molecule has 2 aromatic carbocycles. The van der Waals surface area contributed by atoms with E-state index in [9.17, 15) is 0 Å². The van der Waals surface area contributed by atoms with Gasteiger partial charge in [0.05, 0.1) is 22.7 Å². The highest BCUT2D eigenvalue weighted by atomic mass is 32.1. The minimum Gasteiger partial charge on any atom is -0.366 e. The number of hydrogen-bond acceptors (Lipinski definition) is 3. The van der Waals surface area contributed by atoms with Gasteiger partial charge in [-0.1, -0.05) is 32.0 Å². The lowest BCUT2D eigenvalue weighted by molar-refractivity contribution is 0.551. The molecule has 3 aromatic rings. The van der Waals surface area contributed by atoms with Crippen molar-refractivity contribution in [3.05, 3.63) is 68.5 Å². The lowest BCUT2D eigenvalue weighted by Gasteiger charge is -2.16. The molecule has 0 N–H and O–H groups in total. The molecule has 1 aromatic heterocycles. The van der Waals surface area contributed by atoms with E-state index >= 15 is 0 Å². The van der Waals surface area contributed by atoms with Gasteiger partial charge in [-0.25, -0.2) is 9.98 Å². The first kappa shape index (κ1) is 24.7. The average molecular weight is 474 g/mol. The van der Waals surface area contributed by atoms with E-state index < -0.39 is 0 Å². The van der Waals surface area contributed by atoms with Gasteiger partial charge in [-0.3, -0.25) is 0 Å². The van der Waals surface area contributed by atoms with Crippen molar-refractivity contribution in [2.45, 2.75) is 72.6 Å². The number of benzene rings is 2. The molecule has 0 fully saturated rings. The molecule has 0 atom stereocenters. The molecular formula is C30H39N3S. The summed E-state index contributed by atoms with van der Waals surface area (Å²) in [5, 5.41) is 3.42. The van der Waals surface area contributed by atoms with Crippen LogP contribution in [0.15, 0.2) is 40.7 Å². The number of aryl methyl sites for hydroxylation is 4. The van der Waals surface area contributed by atoms with Gasteiger partial charge in [0.15, 0.2) is 0 Å². The van der Waals surface area contributed by atoms with Gasteiger partial charge in [0, 0.05) is 31.0 Å². The van der Waals surface area contributed by atoms with E-state index in [0.29, 0.717) is 5.92 Å². The van der Waals surface area contributed by atoms with E-state index in [1.54, 1.807) is 11.3 Å². The predicted octanol–water partition coefficient (Wildman–Crippen LogP) is 7.79. The van der Waals surface area contributed by atoms with Gasteiger partial charge in [-0.2, -0.15) is 0 Å². The zero-order valence-corrected chi connectivity index (χ0v) is 22.3. The molecule has 3 nitrogen and oxygen atoms in total. The monoisotopic (exact) mass is 473 g/mol. The Labute approximate surface area is 210 Å². The third-order valence-electron chi connectivity index (χ3n) is 6.96. The molecule has 0 radical (unpaired) electrons. The molecule has 1 aliphatic rings. The van der Waals surface area contributed by atoms with E-state index in [0.717, 1.165) is 30.8 Å². The molecule has 0 spiro atoms. The highest BCUT2D eigenvalue weighted by Crippen LogP contribution is 2.31. The van der Waals surface area contributed by atoms with Gasteiger partial charge >= 0.3 is 0 Å². The van der Waals surface area contributed by atoms with E-state index in [4.69, 9.17) is 9.98 Å². The fraction of sp³-hybridized carbons (Fsp3) is 0.467. The third kappa shape index (κ3) is 6.15. The van der Waals surface area contributed by atoms with Gasteiger partial charge in [-0.15, -0.1) is 11.3 Å². The molecule has 0 saturated carbocycles. The van der Waals surface area contributed by atoms with Crippen LogP contribution >= 0.6 is 11.3 Å². The fourth-order valence-electron chi connectivity index (χ4n) is 4.57. The average Bonchev–Trinajstić information content (AvgIpc) is 3.31.